The van der Waals surface area contributed by atoms with Crippen molar-refractivity contribution in [1.82, 2.24) is 4.90 Å². The van der Waals surface area contributed by atoms with Gasteiger partial charge in [-0.2, -0.15) is 0 Å². The first-order valence-corrected chi connectivity index (χ1v) is 6.94. The fourth-order valence-electron chi connectivity index (χ4n) is 2.54. The predicted molar refractivity (Wildman–Crippen MR) is 76.4 cm³/mol. The molecule has 0 aromatic heterocycles. The van der Waals surface area contributed by atoms with Crippen molar-refractivity contribution in [2.45, 2.75) is 19.8 Å². The summed E-state index contributed by atoms with van der Waals surface area (Å²) in [5, 5.41) is 9.20. The van der Waals surface area contributed by atoms with Gasteiger partial charge in [0.1, 0.15) is 5.82 Å². The lowest BCUT2D eigenvalue weighted by atomic mass is 9.98. The van der Waals surface area contributed by atoms with E-state index in [1.165, 1.54) is 6.07 Å². The van der Waals surface area contributed by atoms with Gasteiger partial charge in [0.2, 0.25) is 5.91 Å². The highest BCUT2D eigenvalue weighted by Gasteiger charge is 2.23. The maximum Gasteiger partial charge on any atom is 0.249 e. The molecule has 1 atom stereocenters. The Balaban J connectivity index is 2.10. The number of rotatable bonds is 3. The van der Waals surface area contributed by atoms with Gasteiger partial charge in [-0.1, -0.05) is 18.2 Å². The minimum atomic E-state index is -0.327. The zero-order valence-corrected chi connectivity index (χ0v) is 11.7. The van der Waals surface area contributed by atoms with Crippen molar-refractivity contribution in [3.8, 4) is 0 Å². The van der Waals surface area contributed by atoms with Crippen LogP contribution in [0.1, 0.15) is 25.3 Å². The summed E-state index contributed by atoms with van der Waals surface area (Å²) in [6.45, 7) is 3.10. The molecule has 0 spiro atoms. The number of nitrogens with zero attached hydrogens (tertiary/aromatic N) is 1. The van der Waals surface area contributed by atoms with Crippen LogP contribution in [0, 0.1) is 11.7 Å². The third kappa shape index (κ3) is 3.45. The molecule has 1 aliphatic rings. The molecule has 0 radical (unpaired) electrons. The van der Waals surface area contributed by atoms with E-state index in [4.69, 9.17) is 0 Å². The molecule has 2 rings (SSSR count). The molecule has 1 amide bonds. The Kier molecular flexibility index (Phi) is 4.90. The Morgan fingerprint density at radius 3 is 2.95 bits per heavy atom. The molecule has 1 aromatic rings. The second-order valence-electron chi connectivity index (χ2n) is 5.29. The molecule has 1 heterocycles. The van der Waals surface area contributed by atoms with Crippen LogP contribution in [0.4, 0.5) is 4.39 Å². The van der Waals surface area contributed by atoms with Gasteiger partial charge in [0.25, 0.3) is 0 Å². The smallest absolute Gasteiger partial charge is 0.249 e. The standard InChI is InChI=1S/C16H20FNO2/c1-12(9-14-6-2-3-7-15(14)17)16(20)18-8-4-5-13(10-18)11-19/h2-3,6-7,9,13,19H,4-5,8,10-11H2,1H3/b12-9+. The van der Waals surface area contributed by atoms with E-state index >= 15 is 0 Å². The van der Waals surface area contributed by atoms with Crippen molar-refractivity contribution in [3.05, 3.63) is 41.2 Å². The molecular formula is C16H20FNO2. The van der Waals surface area contributed by atoms with Gasteiger partial charge in [-0.25, -0.2) is 4.39 Å². The number of hydrogen-bond donors (Lipinski definition) is 1. The van der Waals surface area contributed by atoms with E-state index in [-0.39, 0.29) is 24.2 Å². The average molecular weight is 277 g/mol. The van der Waals surface area contributed by atoms with Crippen LogP contribution in [0.15, 0.2) is 29.8 Å². The highest BCUT2D eigenvalue weighted by Crippen LogP contribution is 2.19. The van der Waals surface area contributed by atoms with E-state index in [9.17, 15) is 14.3 Å². The molecule has 3 nitrogen and oxygen atoms in total. The number of aliphatic hydroxyl groups is 1. The molecule has 4 heteroatoms. The normalized spacial score (nSPS) is 20.1. The van der Waals surface area contributed by atoms with Gasteiger partial charge in [0.15, 0.2) is 0 Å². The molecule has 0 saturated carbocycles. The Morgan fingerprint density at radius 2 is 2.25 bits per heavy atom. The van der Waals surface area contributed by atoms with Gasteiger partial charge in [-0.15, -0.1) is 0 Å². The average Bonchev–Trinajstić information content (AvgIpc) is 2.48. The Labute approximate surface area is 118 Å². The van der Waals surface area contributed by atoms with Crippen molar-refractivity contribution >= 4 is 12.0 Å². The van der Waals surface area contributed by atoms with Crippen molar-refractivity contribution < 1.29 is 14.3 Å². The summed E-state index contributed by atoms with van der Waals surface area (Å²) < 4.78 is 13.6. The van der Waals surface area contributed by atoms with E-state index in [1.807, 2.05) is 0 Å². The zero-order chi connectivity index (χ0) is 14.5. The van der Waals surface area contributed by atoms with E-state index in [1.54, 1.807) is 36.1 Å². The quantitative estimate of drug-likeness (QED) is 0.862. The van der Waals surface area contributed by atoms with Crippen molar-refractivity contribution in [1.29, 1.82) is 0 Å². The lowest BCUT2D eigenvalue weighted by Crippen LogP contribution is -2.41. The number of piperidine rings is 1. The molecule has 0 bridgehead atoms. The summed E-state index contributed by atoms with van der Waals surface area (Å²) in [5.74, 6) is -0.244. The maximum absolute atomic E-state index is 13.6. The number of hydrogen-bond acceptors (Lipinski definition) is 2. The first-order chi connectivity index (χ1) is 9.61. The van der Waals surface area contributed by atoms with Gasteiger partial charge >= 0.3 is 0 Å². The fourth-order valence-corrected chi connectivity index (χ4v) is 2.54. The second-order valence-corrected chi connectivity index (χ2v) is 5.29. The lowest BCUT2D eigenvalue weighted by Gasteiger charge is -2.32. The fraction of sp³-hybridized carbons (Fsp3) is 0.438. The second kappa shape index (κ2) is 6.66. The highest BCUT2D eigenvalue weighted by molar-refractivity contribution is 5.97. The summed E-state index contributed by atoms with van der Waals surface area (Å²) in [6, 6.07) is 6.40. The Bertz CT molecular complexity index is 513. The molecule has 1 saturated heterocycles. The topological polar surface area (TPSA) is 40.5 Å². The van der Waals surface area contributed by atoms with Crippen LogP contribution in [0.2, 0.25) is 0 Å². The number of carbonyl (C=O) groups is 1. The third-order valence-corrected chi connectivity index (χ3v) is 3.68. The summed E-state index contributed by atoms with van der Waals surface area (Å²) in [4.78, 5) is 14.1. The highest BCUT2D eigenvalue weighted by atomic mass is 19.1. The zero-order valence-electron chi connectivity index (χ0n) is 11.7. The number of aliphatic hydroxyl groups excluding tert-OH is 1. The van der Waals surface area contributed by atoms with Crippen molar-refractivity contribution in [3.63, 3.8) is 0 Å². The minimum Gasteiger partial charge on any atom is -0.396 e. The first-order valence-electron chi connectivity index (χ1n) is 6.94. The largest absolute Gasteiger partial charge is 0.396 e. The van der Waals surface area contributed by atoms with Crippen LogP contribution >= 0.6 is 0 Å². The van der Waals surface area contributed by atoms with E-state index in [0.717, 1.165) is 12.8 Å². The van der Waals surface area contributed by atoms with E-state index in [0.29, 0.717) is 24.2 Å². The van der Waals surface area contributed by atoms with Crippen LogP contribution in [-0.4, -0.2) is 35.6 Å². The van der Waals surface area contributed by atoms with Gasteiger partial charge in [0, 0.05) is 30.8 Å². The molecule has 1 aliphatic heterocycles. The Hall–Kier alpha value is -1.68. The van der Waals surface area contributed by atoms with Gasteiger partial charge < -0.3 is 10.0 Å². The third-order valence-electron chi connectivity index (χ3n) is 3.68. The number of likely N-dealkylation sites (tertiary alicyclic amines) is 1. The van der Waals surface area contributed by atoms with Gasteiger partial charge in [0.05, 0.1) is 0 Å². The number of benzene rings is 1. The maximum atomic E-state index is 13.6. The Morgan fingerprint density at radius 1 is 1.50 bits per heavy atom. The molecule has 1 aromatic carbocycles. The molecule has 108 valence electrons. The molecule has 1 fully saturated rings. The SMILES string of the molecule is C/C(=C\c1ccccc1F)C(=O)N1CCCC(CO)C1. The van der Waals surface area contributed by atoms with Crippen LogP contribution in [0.3, 0.4) is 0 Å². The molecular weight excluding hydrogens is 257 g/mol. The number of carbonyl (C=O) groups excluding carboxylic acids is 1. The van der Waals surface area contributed by atoms with Gasteiger partial charge in [-0.3, -0.25) is 4.79 Å². The van der Waals surface area contributed by atoms with Crippen LogP contribution in [0.5, 0.6) is 0 Å². The molecule has 0 aliphatic carbocycles. The molecule has 1 N–H and O–H groups in total. The molecule has 1 unspecified atom stereocenters. The van der Waals surface area contributed by atoms with Crippen molar-refractivity contribution in [2.75, 3.05) is 19.7 Å². The minimum absolute atomic E-state index is 0.0774. The van der Waals surface area contributed by atoms with E-state index < -0.39 is 0 Å². The summed E-state index contributed by atoms with van der Waals surface area (Å²) in [7, 11) is 0. The monoisotopic (exact) mass is 277 g/mol. The van der Waals surface area contributed by atoms with Crippen LogP contribution in [-0.2, 0) is 4.79 Å². The predicted octanol–water partition coefficient (Wildman–Crippen LogP) is 2.46. The lowest BCUT2D eigenvalue weighted by molar-refractivity contribution is -0.129. The number of amides is 1. The summed E-state index contributed by atoms with van der Waals surface area (Å²) in [5.41, 5.74) is 0.947. The van der Waals surface area contributed by atoms with Crippen LogP contribution in [0.25, 0.3) is 6.08 Å². The van der Waals surface area contributed by atoms with Crippen LogP contribution < -0.4 is 0 Å². The van der Waals surface area contributed by atoms with Gasteiger partial charge in [-0.05, 0) is 37.8 Å². The molecule has 20 heavy (non-hydrogen) atoms. The summed E-state index contributed by atoms with van der Waals surface area (Å²) in [6.07, 6.45) is 3.44. The summed E-state index contributed by atoms with van der Waals surface area (Å²) >= 11 is 0. The number of halogens is 1. The van der Waals surface area contributed by atoms with Crippen molar-refractivity contribution in [2.24, 2.45) is 5.92 Å². The van der Waals surface area contributed by atoms with E-state index in [2.05, 4.69) is 0 Å². The first kappa shape index (κ1) is 14.7.